The van der Waals surface area contributed by atoms with Gasteiger partial charge in [-0.2, -0.15) is 5.26 Å². The lowest BCUT2D eigenvalue weighted by atomic mass is 9.95. The van der Waals surface area contributed by atoms with Gasteiger partial charge in [-0.15, -0.1) is 11.3 Å². The molecule has 0 aliphatic carbocycles. The van der Waals surface area contributed by atoms with Gasteiger partial charge in [0, 0.05) is 66.3 Å². The Morgan fingerprint density at radius 3 is 2.53 bits per heavy atom. The van der Waals surface area contributed by atoms with Gasteiger partial charge in [-0.05, 0) is 60.7 Å². The van der Waals surface area contributed by atoms with Crippen molar-refractivity contribution < 1.29 is 23.5 Å². The Morgan fingerprint density at radius 1 is 1.10 bits per heavy atom. The van der Waals surface area contributed by atoms with E-state index in [0.29, 0.717) is 71.9 Å². The number of ether oxygens (including phenoxy) is 2. The molecule has 0 radical (unpaired) electrons. The highest BCUT2D eigenvalue weighted by atomic mass is 35.5. The number of carbonyl (C=O) groups is 2. The van der Waals surface area contributed by atoms with Crippen LogP contribution in [0.1, 0.15) is 22.2 Å². The lowest BCUT2D eigenvalue weighted by Gasteiger charge is -2.38. The van der Waals surface area contributed by atoms with E-state index in [0.717, 1.165) is 5.69 Å². The number of methoxy groups -OCH3 is 1. The fourth-order valence-corrected chi connectivity index (χ4v) is 7.11. The molecule has 2 atom stereocenters. The summed E-state index contributed by atoms with van der Waals surface area (Å²) in [7, 11) is 1.31. The molecule has 7 rings (SSSR count). The second kappa shape index (κ2) is 13.7. The largest absolute Gasteiger partial charge is 0.466 e. The Hall–Kier alpha value is -5.29. The van der Waals surface area contributed by atoms with Crippen LogP contribution in [0.25, 0.3) is 0 Å². The number of benzene rings is 3. The van der Waals surface area contributed by atoms with Crippen molar-refractivity contribution >= 4 is 46.5 Å². The second-order valence-electron chi connectivity index (χ2n) is 11.6. The quantitative estimate of drug-likeness (QED) is 0.231. The molecule has 49 heavy (non-hydrogen) atoms. The van der Waals surface area contributed by atoms with Crippen LogP contribution >= 0.6 is 22.9 Å². The van der Waals surface area contributed by atoms with E-state index in [4.69, 9.17) is 31.3 Å². The van der Waals surface area contributed by atoms with Crippen LogP contribution in [0.15, 0.2) is 94.6 Å². The van der Waals surface area contributed by atoms with Gasteiger partial charge >= 0.3 is 12.0 Å². The number of halogens is 2. The van der Waals surface area contributed by atoms with Gasteiger partial charge < -0.3 is 19.7 Å². The van der Waals surface area contributed by atoms with Crippen molar-refractivity contribution in [2.75, 3.05) is 44.7 Å². The third-order valence-corrected chi connectivity index (χ3v) is 9.72. The highest BCUT2D eigenvalue weighted by Gasteiger charge is 2.42. The zero-order valence-electron chi connectivity index (χ0n) is 26.2. The number of fused-ring (bicyclic) bond motifs is 1. The molecule has 0 bridgehead atoms. The molecule has 0 spiro atoms. The van der Waals surface area contributed by atoms with Gasteiger partial charge in [0.1, 0.15) is 23.4 Å². The number of aliphatic imine (C=N–C) groups is 1. The number of amides is 2. The highest BCUT2D eigenvalue weighted by molar-refractivity contribution is 7.11. The summed E-state index contributed by atoms with van der Waals surface area (Å²) in [6.07, 6.45) is 1.67. The van der Waals surface area contributed by atoms with Crippen molar-refractivity contribution in [1.29, 1.82) is 5.26 Å². The first-order valence-corrected chi connectivity index (χ1v) is 16.7. The smallest absolute Gasteiger partial charge is 0.338 e. The number of amidine groups is 1. The molecule has 3 aliphatic rings. The molecule has 2 fully saturated rings. The molecule has 4 heterocycles. The molecule has 1 unspecified atom stereocenters. The van der Waals surface area contributed by atoms with Gasteiger partial charge in [-0.3, -0.25) is 14.8 Å². The minimum Gasteiger partial charge on any atom is -0.466 e. The average Bonchev–Trinajstić information content (AvgIpc) is 3.77. The summed E-state index contributed by atoms with van der Waals surface area (Å²) in [6, 6.07) is 19.3. The van der Waals surface area contributed by atoms with Crippen LogP contribution in [-0.2, 0) is 9.53 Å². The van der Waals surface area contributed by atoms with Crippen LogP contribution in [0.5, 0.6) is 11.5 Å². The summed E-state index contributed by atoms with van der Waals surface area (Å²) < 4.78 is 25.1. The molecule has 1 N–H and O–H groups in total. The summed E-state index contributed by atoms with van der Waals surface area (Å²) in [5.74, 6) is 0.606. The van der Waals surface area contributed by atoms with E-state index >= 15 is 0 Å². The fourth-order valence-electron chi connectivity index (χ4n) is 6.25. The lowest BCUT2D eigenvalue weighted by molar-refractivity contribution is -0.136. The van der Waals surface area contributed by atoms with Crippen LogP contribution < -0.4 is 15.0 Å². The number of aromatic nitrogens is 1. The van der Waals surface area contributed by atoms with Gasteiger partial charge in [0.05, 0.1) is 30.4 Å². The first-order valence-electron chi connectivity index (χ1n) is 15.4. The molecule has 2 amide bonds. The van der Waals surface area contributed by atoms with Gasteiger partial charge in [-0.25, -0.2) is 19.0 Å². The number of rotatable bonds is 8. The summed E-state index contributed by atoms with van der Waals surface area (Å²) in [4.78, 5) is 41.9. The van der Waals surface area contributed by atoms with Crippen molar-refractivity contribution in [3.8, 4) is 17.6 Å². The van der Waals surface area contributed by atoms with Crippen molar-refractivity contribution in [2.45, 2.75) is 12.1 Å². The molecule has 3 aliphatic heterocycles. The number of hydrogen-bond acceptors (Lipinski definition) is 10. The van der Waals surface area contributed by atoms with E-state index < -0.39 is 17.8 Å². The number of nitrogens with one attached hydrogen (secondary N) is 1. The van der Waals surface area contributed by atoms with E-state index in [1.165, 1.54) is 36.6 Å². The third kappa shape index (κ3) is 6.58. The number of nitrogens with zero attached hydrogens (tertiary/aromatic N) is 6. The zero-order valence-corrected chi connectivity index (χ0v) is 27.7. The number of anilines is 1. The van der Waals surface area contributed by atoms with Crippen LogP contribution in [0.4, 0.5) is 14.9 Å². The van der Waals surface area contributed by atoms with Crippen LogP contribution in [-0.4, -0.2) is 78.5 Å². The van der Waals surface area contributed by atoms with Crippen molar-refractivity contribution in [1.82, 2.24) is 20.1 Å². The Kier molecular flexibility index (Phi) is 9.01. The van der Waals surface area contributed by atoms with Crippen molar-refractivity contribution in [3.63, 3.8) is 0 Å². The van der Waals surface area contributed by atoms with Crippen LogP contribution in [0.3, 0.4) is 0 Å². The van der Waals surface area contributed by atoms with E-state index in [-0.39, 0.29) is 22.7 Å². The summed E-state index contributed by atoms with van der Waals surface area (Å²) >= 11 is 7.89. The minimum absolute atomic E-state index is 0.0696. The minimum atomic E-state index is -0.857. The Bertz CT molecular complexity index is 2000. The molecule has 1 aromatic heterocycles. The molecule has 4 aromatic rings. The Morgan fingerprint density at radius 2 is 1.86 bits per heavy atom. The van der Waals surface area contributed by atoms with Gasteiger partial charge in [0.15, 0.2) is 10.8 Å². The molecule has 14 heteroatoms. The fraction of sp³-hybridized carbons (Fsp3) is 0.229. The van der Waals surface area contributed by atoms with Gasteiger partial charge in [0.25, 0.3) is 0 Å². The molecule has 3 aromatic carbocycles. The Balaban J connectivity index is 1.10. The molecule has 11 nitrogen and oxygen atoms in total. The first-order chi connectivity index (χ1) is 23.8. The maximum absolute atomic E-state index is 14.0. The second-order valence-corrected chi connectivity index (χ2v) is 12.9. The molecule has 248 valence electrons. The van der Waals surface area contributed by atoms with E-state index in [9.17, 15) is 14.0 Å². The maximum atomic E-state index is 14.0. The average molecular weight is 698 g/mol. The Labute approximate surface area is 290 Å². The van der Waals surface area contributed by atoms with E-state index in [2.05, 4.69) is 21.3 Å². The standard InChI is InChI=1S/C35H29ClFN7O4S/c1-47-34(45)30-29(40-32(33-39-12-15-49-33)41-31(30)27-11-4-22(37)16-28(27)36)20-42-13-14-43-24(18-42)19-44(35(43)46)23-5-9-26(10-6-23)48-25-7-2-21(17-38)3-8-25/h2-12,15-16,24,31H,13-14,18-20H2,1H3,(H,40,41)/t24-,31?/m0/s1. The molecular weight excluding hydrogens is 669 g/mol. The number of hydrogen-bond donors (Lipinski definition) is 1. The zero-order chi connectivity index (χ0) is 34.1. The number of urea groups is 1. The monoisotopic (exact) mass is 697 g/mol. The SMILES string of the molecule is COC(=O)C1=C(CN2CCN3C(=O)N(c4ccc(Oc5ccc(C#N)cc5)cc4)C[C@@H]3C2)NC(c2nccs2)=NC1c1ccc(F)cc1Cl. The summed E-state index contributed by atoms with van der Waals surface area (Å²) in [5, 5.41) is 14.9. The van der Waals surface area contributed by atoms with Crippen LogP contribution in [0, 0.1) is 17.1 Å². The van der Waals surface area contributed by atoms with Gasteiger partial charge in [0.2, 0.25) is 0 Å². The van der Waals surface area contributed by atoms with Crippen LogP contribution in [0.2, 0.25) is 5.02 Å². The van der Waals surface area contributed by atoms with E-state index in [1.807, 2.05) is 34.5 Å². The number of carbonyl (C=O) groups excluding carboxylic acids is 2. The highest BCUT2D eigenvalue weighted by Crippen LogP contribution is 2.37. The molecular formula is C35H29ClFN7O4S. The number of piperazine rings is 1. The predicted octanol–water partition coefficient (Wildman–Crippen LogP) is 5.74. The summed E-state index contributed by atoms with van der Waals surface area (Å²) in [6.45, 7) is 2.46. The number of nitriles is 1. The van der Waals surface area contributed by atoms with Gasteiger partial charge in [-0.1, -0.05) is 17.7 Å². The molecule has 2 saturated heterocycles. The summed E-state index contributed by atoms with van der Waals surface area (Å²) in [5.41, 5.74) is 2.61. The molecule has 0 saturated carbocycles. The third-order valence-electron chi connectivity index (χ3n) is 8.61. The van der Waals surface area contributed by atoms with Crippen molar-refractivity contribution in [3.05, 3.63) is 117 Å². The van der Waals surface area contributed by atoms with Crippen molar-refractivity contribution in [2.24, 2.45) is 4.99 Å². The lowest BCUT2D eigenvalue weighted by Crippen LogP contribution is -2.53. The normalized spacial score (nSPS) is 19.2. The topological polar surface area (TPSA) is 123 Å². The van der Waals surface area contributed by atoms with E-state index in [1.54, 1.807) is 35.4 Å². The number of esters is 1. The number of thiazole rings is 1. The first kappa shape index (κ1) is 32.3. The maximum Gasteiger partial charge on any atom is 0.338 e. The predicted molar refractivity (Wildman–Crippen MR) is 182 cm³/mol.